The van der Waals surface area contributed by atoms with E-state index in [4.69, 9.17) is 5.73 Å². The van der Waals surface area contributed by atoms with Gasteiger partial charge in [-0.3, -0.25) is 9.59 Å². The van der Waals surface area contributed by atoms with Crippen LogP contribution in [0.2, 0.25) is 0 Å². The van der Waals surface area contributed by atoms with E-state index in [-0.39, 0.29) is 23.3 Å². The molecule has 2 amide bonds. The van der Waals surface area contributed by atoms with Gasteiger partial charge in [-0.2, -0.15) is 0 Å². The lowest BCUT2D eigenvalue weighted by molar-refractivity contribution is -0.125. The number of carbonyl (C=O) groups excluding carboxylic acids is 2. The van der Waals surface area contributed by atoms with Crippen molar-refractivity contribution in [3.63, 3.8) is 0 Å². The van der Waals surface area contributed by atoms with Crippen LogP contribution in [0.15, 0.2) is 24.3 Å². The molecule has 0 saturated carbocycles. The fourth-order valence-electron chi connectivity index (χ4n) is 1.87. The second-order valence-electron chi connectivity index (χ2n) is 6.38. The normalized spacial score (nSPS) is 14.2. The van der Waals surface area contributed by atoms with Crippen LogP contribution in [0.3, 0.4) is 0 Å². The maximum absolute atomic E-state index is 12.1. The van der Waals surface area contributed by atoms with Crippen LogP contribution < -0.4 is 16.4 Å². The van der Waals surface area contributed by atoms with Crippen molar-refractivity contribution in [1.82, 2.24) is 5.32 Å². The van der Waals surface area contributed by atoms with Gasteiger partial charge in [-0.25, -0.2) is 0 Å². The number of benzene rings is 1. The lowest BCUT2D eigenvalue weighted by Gasteiger charge is -2.27. The van der Waals surface area contributed by atoms with Crippen molar-refractivity contribution in [3.8, 4) is 0 Å². The van der Waals surface area contributed by atoms with Gasteiger partial charge in [-0.05, 0) is 30.0 Å². The first-order valence-electron chi connectivity index (χ1n) is 7.04. The van der Waals surface area contributed by atoms with Crippen LogP contribution in [0.25, 0.3) is 0 Å². The smallest absolute Gasteiger partial charge is 0.237 e. The largest absolute Gasteiger partial charge is 0.348 e. The quantitative estimate of drug-likeness (QED) is 0.795. The Morgan fingerprint density at radius 3 is 2.38 bits per heavy atom. The molecule has 0 bridgehead atoms. The number of nitrogens with two attached hydrogens (primary N) is 1. The topological polar surface area (TPSA) is 84.2 Å². The summed E-state index contributed by atoms with van der Waals surface area (Å²) in [4.78, 5) is 23.2. The van der Waals surface area contributed by atoms with Gasteiger partial charge in [-0.15, -0.1) is 0 Å². The first-order chi connectivity index (χ1) is 9.61. The predicted octanol–water partition coefficient (Wildman–Crippen LogP) is 2.20. The average Bonchev–Trinajstić information content (AvgIpc) is 2.36. The highest BCUT2D eigenvalue weighted by atomic mass is 16.2. The molecule has 2 unspecified atom stereocenters. The summed E-state index contributed by atoms with van der Waals surface area (Å²) in [6.45, 7) is 9.14. The van der Waals surface area contributed by atoms with E-state index < -0.39 is 6.04 Å². The van der Waals surface area contributed by atoms with Crippen LogP contribution in [-0.4, -0.2) is 17.9 Å². The van der Waals surface area contributed by atoms with Crippen molar-refractivity contribution in [3.05, 3.63) is 29.8 Å². The molecule has 1 aromatic carbocycles. The van der Waals surface area contributed by atoms with Crippen molar-refractivity contribution < 1.29 is 9.59 Å². The third-order valence-corrected chi connectivity index (χ3v) is 3.28. The maximum Gasteiger partial charge on any atom is 0.237 e. The number of anilines is 1. The maximum atomic E-state index is 12.1. The van der Waals surface area contributed by atoms with Crippen LogP contribution in [0, 0.1) is 5.41 Å². The summed E-state index contributed by atoms with van der Waals surface area (Å²) in [6.07, 6.45) is 0. The number of amides is 2. The van der Waals surface area contributed by atoms with Crippen LogP contribution in [-0.2, 0) is 9.59 Å². The first-order valence-corrected chi connectivity index (χ1v) is 7.04. The summed E-state index contributed by atoms with van der Waals surface area (Å²) >= 11 is 0. The third-order valence-electron chi connectivity index (χ3n) is 3.28. The van der Waals surface area contributed by atoms with E-state index >= 15 is 0 Å². The summed E-state index contributed by atoms with van der Waals surface area (Å²) in [6, 6.07) is 6.64. The number of carbonyl (C=O) groups is 2. The minimum Gasteiger partial charge on any atom is -0.348 e. The molecule has 0 spiro atoms. The fourth-order valence-corrected chi connectivity index (χ4v) is 1.87. The lowest BCUT2D eigenvalue weighted by Crippen LogP contribution is -2.49. The summed E-state index contributed by atoms with van der Waals surface area (Å²) in [5, 5.41) is 5.63. The minimum absolute atomic E-state index is 0.126. The highest BCUT2D eigenvalue weighted by Crippen LogP contribution is 2.20. The van der Waals surface area contributed by atoms with Gasteiger partial charge in [0.15, 0.2) is 0 Å². The zero-order valence-electron chi connectivity index (χ0n) is 13.4. The molecule has 1 rings (SSSR count). The molecule has 2 atom stereocenters. The van der Waals surface area contributed by atoms with E-state index in [2.05, 4.69) is 10.6 Å². The number of rotatable bonds is 4. The first kappa shape index (κ1) is 17.2. The molecular weight excluding hydrogens is 266 g/mol. The molecule has 116 valence electrons. The molecule has 0 saturated heterocycles. The predicted molar refractivity (Wildman–Crippen MR) is 84.7 cm³/mol. The number of hydrogen-bond acceptors (Lipinski definition) is 3. The van der Waals surface area contributed by atoms with E-state index in [9.17, 15) is 9.59 Å². The zero-order chi connectivity index (χ0) is 16.2. The van der Waals surface area contributed by atoms with Crippen molar-refractivity contribution in [2.75, 3.05) is 5.32 Å². The molecular formula is C16H25N3O2. The van der Waals surface area contributed by atoms with Crippen LogP contribution in [0.5, 0.6) is 0 Å². The Morgan fingerprint density at radius 2 is 1.86 bits per heavy atom. The summed E-state index contributed by atoms with van der Waals surface area (Å²) in [5.74, 6) is -0.307. The van der Waals surface area contributed by atoms with Crippen LogP contribution in [0.1, 0.15) is 46.2 Å². The monoisotopic (exact) mass is 291 g/mol. The standard InChI is InChI=1S/C16H25N3O2/c1-10(18-15(21)14(17)16(3,4)5)12-7-6-8-13(9-12)19-11(2)20/h6-10,14H,17H2,1-5H3,(H,18,21)(H,19,20). The van der Waals surface area contributed by atoms with Crippen molar-refractivity contribution in [2.45, 2.75) is 46.7 Å². The molecule has 0 heterocycles. The highest BCUT2D eigenvalue weighted by molar-refractivity contribution is 5.88. The van der Waals surface area contributed by atoms with E-state index in [0.717, 1.165) is 5.56 Å². The Bertz CT molecular complexity index is 520. The van der Waals surface area contributed by atoms with Crippen LogP contribution in [0.4, 0.5) is 5.69 Å². The highest BCUT2D eigenvalue weighted by Gasteiger charge is 2.28. The van der Waals surface area contributed by atoms with Gasteiger partial charge < -0.3 is 16.4 Å². The van der Waals surface area contributed by atoms with Crippen LogP contribution >= 0.6 is 0 Å². The van der Waals surface area contributed by atoms with Gasteiger partial charge in [0.05, 0.1) is 12.1 Å². The number of nitrogens with one attached hydrogen (secondary N) is 2. The third kappa shape index (κ3) is 5.19. The van der Waals surface area contributed by atoms with E-state index in [0.29, 0.717) is 5.69 Å². The molecule has 0 fully saturated rings. The lowest BCUT2D eigenvalue weighted by atomic mass is 9.86. The molecule has 0 radical (unpaired) electrons. The second kappa shape index (κ2) is 6.72. The van der Waals surface area contributed by atoms with Gasteiger partial charge in [-0.1, -0.05) is 32.9 Å². The molecule has 0 aliphatic heterocycles. The Morgan fingerprint density at radius 1 is 1.24 bits per heavy atom. The van der Waals surface area contributed by atoms with Gasteiger partial charge in [0, 0.05) is 12.6 Å². The molecule has 1 aromatic rings. The van der Waals surface area contributed by atoms with E-state index in [1.54, 1.807) is 6.07 Å². The van der Waals surface area contributed by atoms with E-state index in [1.165, 1.54) is 6.92 Å². The van der Waals surface area contributed by atoms with Crippen molar-refractivity contribution >= 4 is 17.5 Å². The van der Waals surface area contributed by atoms with Gasteiger partial charge in [0.2, 0.25) is 11.8 Å². The van der Waals surface area contributed by atoms with Crippen molar-refractivity contribution in [2.24, 2.45) is 11.1 Å². The van der Waals surface area contributed by atoms with E-state index in [1.807, 2.05) is 45.9 Å². The van der Waals surface area contributed by atoms with Gasteiger partial charge in [0.1, 0.15) is 0 Å². The molecule has 5 nitrogen and oxygen atoms in total. The second-order valence-corrected chi connectivity index (χ2v) is 6.38. The Labute approximate surface area is 126 Å². The zero-order valence-corrected chi connectivity index (χ0v) is 13.4. The summed E-state index contributed by atoms with van der Waals surface area (Å²) in [7, 11) is 0. The summed E-state index contributed by atoms with van der Waals surface area (Å²) in [5.41, 5.74) is 7.28. The molecule has 21 heavy (non-hydrogen) atoms. The molecule has 0 aromatic heterocycles. The minimum atomic E-state index is -0.571. The number of hydrogen-bond donors (Lipinski definition) is 3. The Balaban J connectivity index is 2.78. The van der Waals surface area contributed by atoms with Crippen molar-refractivity contribution in [1.29, 1.82) is 0 Å². The Kier molecular flexibility index (Phi) is 5.49. The molecule has 4 N–H and O–H groups in total. The molecule has 5 heteroatoms. The summed E-state index contributed by atoms with van der Waals surface area (Å²) < 4.78 is 0. The Hall–Kier alpha value is -1.88. The fraction of sp³-hybridized carbons (Fsp3) is 0.500. The van der Waals surface area contributed by atoms with Gasteiger partial charge >= 0.3 is 0 Å². The molecule has 0 aliphatic carbocycles. The molecule has 0 aliphatic rings. The SMILES string of the molecule is CC(=O)Nc1cccc(C(C)NC(=O)C(N)C(C)(C)C)c1. The van der Waals surface area contributed by atoms with Gasteiger partial charge in [0.25, 0.3) is 0 Å². The average molecular weight is 291 g/mol.